The Morgan fingerprint density at radius 1 is 1.32 bits per heavy atom. The summed E-state index contributed by atoms with van der Waals surface area (Å²) in [5, 5.41) is 6.68. The Hall–Kier alpha value is -2.14. The molecule has 1 heterocycles. The van der Waals surface area contributed by atoms with Crippen LogP contribution >= 0.6 is 11.6 Å². The number of carbonyl (C=O) groups is 1. The lowest BCUT2D eigenvalue weighted by Crippen LogP contribution is -2.32. The molecule has 116 valence electrons. The molecule has 1 unspecified atom stereocenters. The number of amides is 1. The summed E-state index contributed by atoms with van der Waals surface area (Å²) in [6.07, 6.45) is 3.86. The van der Waals surface area contributed by atoms with E-state index in [0.717, 1.165) is 17.7 Å². The van der Waals surface area contributed by atoms with E-state index in [2.05, 4.69) is 20.6 Å². The summed E-state index contributed by atoms with van der Waals surface area (Å²) in [5.41, 5.74) is 2.09. The zero-order valence-electron chi connectivity index (χ0n) is 12.9. The number of hydrogen-bond donors (Lipinski definition) is 2. The standard InChI is InChI=1S/C16H19ClN4O/c1-4-10(2)20-16(22)14-8-19-15(9-18-14)21-13-7-5-6-12(17)11(13)3/h5-10H,4H2,1-3H3,(H,19,21)(H,20,22). The van der Waals surface area contributed by atoms with Crippen molar-refractivity contribution in [3.63, 3.8) is 0 Å². The molecule has 0 saturated heterocycles. The molecule has 0 spiro atoms. The van der Waals surface area contributed by atoms with Gasteiger partial charge in [0.25, 0.3) is 5.91 Å². The van der Waals surface area contributed by atoms with Gasteiger partial charge in [-0.15, -0.1) is 0 Å². The van der Waals surface area contributed by atoms with Crippen LogP contribution in [0.3, 0.4) is 0 Å². The molecule has 1 aromatic carbocycles. The first-order chi connectivity index (χ1) is 10.5. The molecule has 0 aliphatic heterocycles. The van der Waals surface area contributed by atoms with Crippen molar-refractivity contribution >= 4 is 29.0 Å². The van der Waals surface area contributed by atoms with Crippen molar-refractivity contribution in [1.82, 2.24) is 15.3 Å². The normalized spacial score (nSPS) is 11.8. The lowest BCUT2D eigenvalue weighted by Gasteiger charge is -2.12. The van der Waals surface area contributed by atoms with E-state index in [1.807, 2.05) is 39.0 Å². The number of rotatable bonds is 5. The molecule has 0 saturated carbocycles. The van der Waals surface area contributed by atoms with Gasteiger partial charge in [0.05, 0.1) is 12.4 Å². The minimum Gasteiger partial charge on any atom is -0.348 e. The average molecular weight is 319 g/mol. The molecule has 0 bridgehead atoms. The topological polar surface area (TPSA) is 66.9 Å². The van der Waals surface area contributed by atoms with Crippen molar-refractivity contribution in [2.24, 2.45) is 0 Å². The minimum atomic E-state index is -0.215. The number of nitrogens with zero attached hydrogens (tertiary/aromatic N) is 2. The van der Waals surface area contributed by atoms with Crippen LogP contribution in [-0.4, -0.2) is 21.9 Å². The van der Waals surface area contributed by atoms with Crippen LogP contribution in [0.4, 0.5) is 11.5 Å². The molecule has 2 aromatic rings. The highest BCUT2D eigenvalue weighted by Crippen LogP contribution is 2.25. The van der Waals surface area contributed by atoms with Crippen molar-refractivity contribution in [1.29, 1.82) is 0 Å². The van der Waals surface area contributed by atoms with Crippen LogP contribution in [0.1, 0.15) is 36.3 Å². The second kappa shape index (κ2) is 7.22. The van der Waals surface area contributed by atoms with Gasteiger partial charge in [-0.3, -0.25) is 4.79 Å². The second-order valence-corrected chi connectivity index (χ2v) is 5.51. The van der Waals surface area contributed by atoms with Crippen LogP contribution in [0.15, 0.2) is 30.6 Å². The second-order valence-electron chi connectivity index (χ2n) is 5.11. The summed E-state index contributed by atoms with van der Waals surface area (Å²) in [7, 11) is 0. The van der Waals surface area contributed by atoms with Gasteiger partial charge in [0.15, 0.2) is 0 Å². The van der Waals surface area contributed by atoms with Gasteiger partial charge < -0.3 is 10.6 Å². The summed E-state index contributed by atoms with van der Waals surface area (Å²) in [6, 6.07) is 5.71. The lowest BCUT2D eigenvalue weighted by atomic mass is 10.2. The number of aromatic nitrogens is 2. The maximum absolute atomic E-state index is 11.9. The molecular weight excluding hydrogens is 300 g/mol. The van der Waals surface area contributed by atoms with Gasteiger partial charge in [-0.25, -0.2) is 9.97 Å². The zero-order valence-corrected chi connectivity index (χ0v) is 13.6. The van der Waals surface area contributed by atoms with Gasteiger partial charge >= 0.3 is 0 Å². The lowest BCUT2D eigenvalue weighted by molar-refractivity contribution is 0.0934. The summed E-state index contributed by atoms with van der Waals surface area (Å²) >= 11 is 6.08. The van der Waals surface area contributed by atoms with E-state index < -0.39 is 0 Å². The fourth-order valence-corrected chi connectivity index (χ4v) is 1.97. The van der Waals surface area contributed by atoms with E-state index in [0.29, 0.717) is 16.5 Å². The number of halogens is 1. The molecule has 2 rings (SSSR count). The van der Waals surface area contributed by atoms with E-state index in [9.17, 15) is 4.79 Å². The monoisotopic (exact) mass is 318 g/mol. The highest BCUT2D eigenvalue weighted by Gasteiger charge is 2.11. The number of nitrogens with one attached hydrogen (secondary N) is 2. The molecule has 6 heteroatoms. The summed E-state index contributed by atoms with van der Waals surface area (Å²) < 4.78 is 0. The maximum Gasteiger partial charge on any atom is 0.271 e. The van der Waals surface area contributed by atoms with Gasteiger partial charge in [-0.1, -0.05) is 24.6 Å². The molecule has 0 fully saturated rings. The van der Waals surface area contributed by atoms with Gasteiger partial charge in [-0.05, 0) is 38.0 Å². The fraction of sp³-hybridized carbons (Fsp3) is 0.312. The Bertz CT molecular complexity index is 658. The molecule has 0 aliphatic rings. The number of anilines is 2. The minimum absolute atomic E-state index is 0.112. The summed E-state index contributed by atoms with van der Waals surface area (Å²) in [5.74, 6) is 0.345. The molecule has 22 heavy (non-hydrogen) atoms. The van der Waals surface area contributed by atoms with E-state index in [4.69, 9.17) is 11.6 Å². The van der Waals surface area contributed by atoms with E-state index in [-0.39, 0.29) is 11.9 Å². The third-order valence-corrected chi connectivity index (χ3v) is 3.81. The van der Waals surface area contributed by atoms with E-state index >= 15 is 0 Å². The Labute approximate surface area is 135 Å². The average Bonchev–Trinajstić information content (AvgIpc) is 2.52. The summed E-state index contributed by atoms with van der Waals surface area (Å²) in [4.78, 5) is 20.3. The molecule has 0 aliphatic carbocycles. The highest BCUT2D eigenvalue weighted by atomic mass is 35.5. The van der Waals surface area contributed by atoms with E-state index in [1.165, 1.54) is 12.4 Å². The predicted molar refractivity (Wildman–Crippen MR) is 88.7 cm³/mol. The number of hydrogen-bond acceptors (Lipinski definition) is 4. The molecule has 1 atom stereocenters. The molecule has 1 amide bonds. The highest BCUT2D eigenvalue weighted by molar-refractivity contribution is 6.31. The summed E-state index contributed by atoms with van der Waals surface area (Å²) in [6.45, 7) is 5.88. The largest absolute Gasteiger partial charge is 0.348 e. The Balaban J connectivity index is 2.09. The zero-order chi connectivity index (χ0) is 16.1. The van der Waals surface area contributed by atoms with Crippen LogP contribution in [0.5, 0.6) is 0 Å². The SMILES string of the molecule is CCC(C)NC(=O)c1cnc(Nc2cccc(Cl)c2C)cn1. The van der Waals surface area contributed by atoms with Crippen molar-refractivity contribution in [2.45, 2.75) is 33.2 Å². The first kappa shape index (κ1) is 16.2. The Kier molecular flexibility index (Phi) is 5.33. The van der Waals surface area contributed by atoms with Crippen molar-refractivity contribution in [2.75, 3.05) is 5.32 Å². The smallest absolute Gasteiger partial charge is 0.271 e. The van der Waals surface area contributed by atoms with Gasteiger partial charge in [0.1, 0.15) is 11.5 Å². The number of carbonyl (C=O) groups excluding carboxylic acids is 1. The van der Waals surface area contributed by atoms with Gasteiger partial charge in [0.2, 0.25) is 0 Å². The van der Waals surface area contributed by atoms with E-state index in [1.54, 1.807) is 0 Å². The first-order valence-corrected chi connectivity index (χ1v) is 7.54. The van der Waals surface area contributed by atoms with Gasteiger partial charge in [-0.2, -0.15) is 0 Å². The Morgan fingerprint density at radius 2 is 2.09 bits per heavy atom. The predicted octanol–water partition coefficient (Wildman–Crippen LogP) is 3.71. The molecule has 1 aromatic heterocycles. The van der Waals surface area contributed by atoms with Gasteiger partial charge in [0, 0.05) is 16.8 Å². The van der Waals surface area contributed by atoms with Crippen LogP contribution in [0.25, 0.3) is 0 Å². The van der Waals surface area contributed by atoms with Crippen LogP contribution in [0.2, 0.25) is 5.02 Å². The molecule has 5 nitrogen and oxygen atoms in total. The van der Waals surface area contributed by atoms with Crippen LogP contribution in [-0.2, 0) is 0 Å². The fourth-order valence-electron chi connectivity index (χ4n) is 1.79. The molecule has 0 radical (unpaired) electrons. The molecule has 2 N–H and O–H groups in total. The van der Waals surface area contributed by atoms with Crippen molar-refractivity contribution < 1.29 is 4.79 Å². The maximum atomic E-state index is 11.9. The molecular formula is C16H19ClN4O. The van der Waals surface area contributed by atoms with Crippen molar-refractivity contribution in [3.05, 3.63) is 46.9 Å². The van der Waals surface area contributed by atoms with Crippen LogP contribution in [0, 0.1) is 6.92 Å². The third kappa shape index (κ3) is 3.95. The third-order valence-electron chi connectivity index (χ3n) is 3.40. The Morgan fingerprint density at radius 3 is 2.73 bits per heavy atom. The van der Waals surface area contributed by atoms with Crippen molar-refractivity contribution in [3.8, 4) is 0 Å². The van der Waals surface area contributed by atoms with Crippen LogP contribution < -0.4 is 10.6 Å². The first-order valence-electron chi connectivity index (χ1n) is 7.16. The quantitative estimate of drug-likeness (QED) is 0.882. The number of benzene rings is 1.